The molecule has 0 aromatic heterocycles. The molecule has 0 unspecified atom stereocenters. The Labute approximate surface area is 199 Å². The van der Waals surface area contributed by atoms with Crippen molar-refractivity contribution in [2.45, 2.75) is 11.8 Å². The first-order valence-corrected chi connectivity index (χ1v) is 12.4. The molecule has 3 rings (SSSR count). The van der Waals surface area contributed by atoms with E-state index < -0.39 is 10.0 Å². The maximum absolute atomic E-state index is 12.7. The summed E-state index contributed by atoms with van der Waals surface area (Å²) in [6.07, 6.45) is 0. The Hall–Kier alpha value is -2.57. The van der Waals surface area contributed by atoms with Crippen molar-refractivity contribution in [3.8, 4) is 5.75 Å². The highest BCUT2D eigenvalue weighted by molar-refractivity contribution is 7.89. The minimum atomic E-state index is -3.57. The Morgan fingerprint density at radius 2 is 1.73 bits per heavy atom. The highest BCUT2D eigenvalue weighted by Gasteiger charge is 2.26. The lowest BCUT2D eigenvalue weighted by molar-refractivity contribution is 0.0730. The van der Waals surface area contributed by atoms with Gasteiger partial charge < -0.3 is 19.5 Å². The molecule has 0 saturated carbocycles. The van der Waals surface area contributed by atoms with Crippen molar-refractivity contribution >= 4 is 38.9 Å². The normalized spacial score (nSPS) is 14.5. The summed E-state index contributed by atoms with van der Waals surface area (Å²) in [5.41, 5.74) is 0.975. The second-order valence-electron chi connectivity index (χ2n) is 7.02. The van der Waals surface area contributed by atoms with Crippen LogP contribution in [0.15, 0.2) is 53.4 Å². The molecule has 178 valence electrons. The van der Waals surface area contributed by atoms with Gasteiger partial charge in [-0.05, 0) is 67.7 Å². The Balaban J connectivity index is 1.51. The molecule has 2 N–H and O–H groups in total. The molecule has 9 nitrogen and oxygen atoms in total. The van der Waals surface area contributed by atoms with Gasteiger partial charge in [-0.15, -0.1) is 0 Å². The van der Waals surface area contributed by atoms with Crippen molar-refractivity contribution in [1.82, 2.24) is 9.62 Å². The minimum absolute atomic E-state index is 0.0980. The molecule has 1 heterocycles. The minimum Gasteiger partial charge on any atom is -0.491 e. The topological polar surface area (TPSA) is 106 Å². The van der Waals surface area contributed by atoms with Gasteiger partial charge in [0, 0.05) is 30.9 Å². The third-order valence-electron chi connectivity index (χ3n) is 4.76. The van der Waals surface area contributed by atoms with Crippen LogP contribution in [0.1, 0.15) is 17.3 Å². The van der Waals surface area contributed by atoms with Crippen molar-refractivity contribution < 1.29 is 27.4 Å². The number of thiocarbonyl (C=S) groups is 1. The summed E-state index contributed by atoms with van der Waals surface area (Å²) in [6.45, 7) is 4.91. The second-order valence-corrected chi connectivity index (χ2v) is 9.37. The zero-order valence-electron chi connectivity index (χ0n) is 18.3. The van der Waals surface area contributed by atoms with Crippen LogP contribution in [0.3, 0.4) is 0 Å². The van der Waals surface area contributed by atoms with Crippen LogP contribution in [0.4, 0.5) is 5.69 Å². The fourth-order valence-electron chi connectivity index (χ4n) is 3.05. The number of benzene rings is 2. The van der Waals surface area contributed by atoms with Crippen molar-refractivity contribution in [3.63, 3.8) is 0 Å². The Bertz CT molecular complexity index is 1040. The number of nitrogens with zero attached hydrogens (tertiary/aromatic N) is 1. The van der Waals surface area contributed by atoms with Gasteiger partial charge in [-0.3, -0.25) is 10.1 Å². The lowest BCUT2D eigenvalue weighted by Crippen LogP contribution is -2.40. The van der Waals surface area contributed by atoms with Crippen LogP contribution in [0.2, 0.25) is 0 Å². The standard InChI is InChI=1S/C22H27N3O6S2/c1-2-29-15-16-31-19-7-3-17(4-8-19)21(26)24-22(32)23-18-5-9-20(10-6-18)33(27,28)25-11-13-30-14-12-25/h3-10H,2,11-16H2,1H3,(H2,23,24,26,32). The quantitative estimate of drug-likeness (QED) is 0.405. The number of morpholine rings is 1. The average Bonchev–Trinajstić information content (AvgIpc) is 2.83. The van der Waals surface area contributed by atoms with E-state index in [0.29, 0.717) is 63.1 Å². The molecule has 2 aromatic rings. The number of ether oxygens (including phenoxy) is 3. The number of amides is 1. The van der Waals surface area contributed by atoms with E-state index in [1.165, 1.54) is 16.4 Å². The summed E-state index contributed by atoms with van der Waals surface area (Å²) in [4.78, 5) is 12.6. The first kappa shape index (κ1) is 25.1. The van der Waals surface area contributed by atoms with Gasteiger partial charge in [0.05, 0.1) is 24.7 Å². The van der Waals surface area contributed by atoms with Crippen molar-refractivity contribution in [2.75, 3.05) is 51.4 Å². The van der Waals surface area contributed by atoms with Gasteiger partial charge in [-0.25, -0.2) is 8.42 Å². The number of hydrogen-bond donors (Lipinski definition) is 2. The van der Waals surface area contributed by atoms with Crippen molar-refractivity contribution in [1.29, 1.82) is 0 Å². The number of nitrogens with one attached hydrogen (secondary N) is 2. The van der Waals surface area contributed by atoms with E-state index in [1.54, 1.807) is 36.4 Å². The largest absolute Gasteiger partial charge is 0.491 e. The third kappa shape index (κ3) is 7.21. The molecule has 0 atom stereocenters. The van der Waals surface area contributed by atoms with Gasteiger partial charge in [-0.1, -0.05) is 0 Å². The molecule has 0 spiro atoms. The molecule has 11 heteroatoms. The summed E-state index contributed by atoms with van der Waals surface area (Å²) < 4.78 is 42.7. The Morgan fingerprint density at radius 1 is 1.06 bits per heavy atom. The summed E-state index contributed by atoms with van der Waals surface area (Å²) >= 11 is 5.21. The molecule has 0 bridgehead atoms. The zero-order chi connectivity index (χ0) is 23.7. The van der Waals surface area contributed by atoms with Gasteiger partial charge in [0.2, 0.25) is 10.0 Å². The predicted octanol–water partition coefficient (Wildman–Crippen LogP) is 2.25. The molecule has 0 radical (unpaired) electrons. The van der Waals surface area contributed by atoms with Crippen LogP contribution in [0.25, 0.3) is 0 Å². The number of carbonyl (C=O) groups is 1. The SMILES string of the molecule is CCOCCOc1ccc(C(=O)NC(=S)Nc2ccc(S(=O)(=O)N3CCOCC3)cc2)cc1. The number of sulfonamides is 1. The van der Waals surface area contributed by atoms with Crippen LogP contribution in [-0.4, -0.2) is 69.9 Å². The van der Waals surface area contributed by atoms with Gasteiger partial charge in [0.1, 0.15) is 12.4 Å². The van der Waals surface area contributed by atoms with E-state index in [0.717, 1.165) is 0 Å². The number of carbonyl (C=O) groups excluding carboxylic acids is 1. The van der Waals surface area contributed by atoms with Crippen LogP contribution >= 0.6 is 12.2 Å². The Kier molecular flexibility index (Phi) is 9.15. The maximum atomic E-state index is 12.7. The lowest BCUT2D eigenvalue weighted by atomic mass is 10.2. The van der Waals surface area contributed by atoms with E-state index >= 15 is 0 Å². The average molecular weight is 494 g/mol. The van der Waals surface area contributed by atoms with E-state index in [9.17, 15) is 13.2 Å². The molecule has 1 aliphatic heterocycles. The maximum Gasteiger partial charge on any atom is 0.257 e. The highest BCUT2D eigenvalue weighted by atomic mass is 32.2. The number of hydrogen-bond acceptors (Lipinski definition) is 7. The molecule has 1 fully saturated rings. The summed E-state index contributed by atoms with van der Waals surface area (Å²) in [5, 5.41) is 5.58. The van der Waals surface area contributed by atoms with Gasteiger partial charge in [-0.2, -0.15) is 4.31 Å². The molecule has 2 aromatic carbocycles. The molecule has 33 heavy (non-hydrogen) atoms. The first-order valence-electron chi connectivity index (χ1n) is 10.5. The van der Waals surface area contributed by atoms with Crippen molar-refractivity contribution in [2.24, 2.45) is 0 Å². The van der Waals surface area contributed by atoms with E-state index in [2.05, 4.69) is 10.6 Å². The molecule has 1 saturated heterocycles. The van der Waals surface area contributed by atoms with Crippen molar-refractivity contribution in [3.05, 3.63) is 54.1 Å². The van der Waals surface area contributed by atoms with Gasteiger partial charge in [0.25, 0.3) is 5.91 Å². The fourth-order valence-corrected chi connectivity index (χ4v) is 4.67. The molecule has 1 amide bonds. The van der Waals surface area contributed by atoms with Crippen LogP contribution in [0, 0.1) is 0 Å². The zero-order valence-corrected chi connectivity index (χ0v) is 19.9. The number of rotatable bonds is 9. The van der Waals surface area contributed by atoms with Crippen LogP contribution < -0.4 is 15.4 Å². The molecular weight excluding hydrogens is 466 g/mol. The van der Waals surface area contributed by atoms with E-state index in [1.807, 2.05) is 6.92 Å². The fraction of sp³-hybridized carbons (Fsp3) is 0.364. The molecule has 0 aliphatic carbocycles. The third-order valence-corrected chi connectivity index (χ3v) is 6.88. The molecule has 1 aliphatic rings. The second kappa shape index (κ2) is 12.1. The van der Waals surface area contributed by atoms with E-state index in [4.69, 9.17) is 26.4 Å². The summed E-state index contributed by atoms with van der Waals surface area (Å²) in [7, 11) is -3.57. The monoisotopic (exact) mass is 493 g/mol. The summed E-state index contributed by atoms with van der Waals surface area (Å²) in [6, 6.07) is 12.9. The lowest BCUT2D eigenvalue weighted by Gasteiger charge is -2.26. The predicted molar refractivity (Wildman–Crippen MR) is 128 cm³/mol. The Morgan fingerprint density at radius 3 is 2.36 bits per heavy atom. The van der Waals surface area contributed by atoms with Crippen LogP contribution in [-0.2, 0) is 19.5 Å². The van der Waals surface area contributed by atoms with Gasteiger partial charge >= 0.3 is 0 Å². The smallest absolute Gasteiger partial charge is 0.257 e. The number of anilines is 1. The molecular formula is C22H27N3O6S2. The van der Waals surface area contributed by atoms with Gasteiger partial charge in [0.15, 0.2) is 5.11 Å². The van der Waals surface area contributed by atoms with E-state index in [-0.39, 0.29) is 15.9 Å². The summed E-state index contributed by atoms with van der Waals surface area (Å²) in [5.74, 6) is 0.263. The highest BCUT2D eigenvalue weighted by Crippen LogP contribution is 2.19. The van der Waals surface area contributed by atoms with Crippen LogP contribution in [0.5, 0.6) is 5.75 Å². The first-order chi connectivity index (χ1) is 15.9.